The lowest BCUT2D eigenvalue weighted by molar-refractivity contribution is 0.0746. The van der Waals surface area contributed by atoms with Gasteiger partial charge in [0.15, 0.2) is 0 Å². The Morgan fingerprint density at radius 2 is 1.47 bits per heavy atom. The lowest BCUT2D eigenvalue weighted by atomic mass is 10.1. The first-order chi connectivity index (χ1) is 15.3. The van der Waals surface area contributed by atoms with E-state index in [-0.39, 0.29) is 10.8 Å². The molecule has 0 unspecified atom stereocenters. The van der Waals surface area contributed by atoms with Gasteiger partial charge in [-0.3, -0.25) is 9.52 Å². The van der Waals surface area contributed by atoms with E-state index in [9.17, 15) is 13.2 Å². The Labute approximate surface area is 189 Å². The first-order valence-electron chi connectivity index (χ1n) is 10.6. The van der Waals surface area contributed by atoms with Gasteiger partial charge in [-0.1, -0.05) is 42.5 Å². The maximum atomic E-state index is 13.1. The number of piperazine rings is 1. The molecular weight excluding hydrogens is 422 g/mol. The maximum absolute atomic E-state index is 13.1. The molecule has 0 aliphatic carbocycles. The van der Waals surface area contributed by atoms with Crippen LogP contribution in [0.25, 0.3) is 0 Å². The molecule has 3 aromatic carbocycles. The summed E-state index contributed by atoms with van der Waals surface area (Å²) in [6.07, 6.45) is 0. The van der Waals surface area contributed by atoms with E-state index in [0.29, 0.717) is 29.9 Å². The second-order valence-corrected chi connectivity index (χ2v) is 9.67. The smallest absolute Gasteiger partial charge is 0.262 e. The molecule has 3 aromatic rings. The largest absolute Gasteiger partial charge is 0.368 e. The van der Waals surface area contributed by atoms with Crippen LogP contribution in [0.5, 0.6) is 0 Å². The van der Waals surface area contributed by atoms with E-state index in [1.807, 2.05) is 37.3 Å². The summed E-state index contributed by atoms with van der Waals surface area (Å²) in [5, 5.41) is 0. The molecule has 0 atom stereocenters. The van der Waals surface area contributed by atoms with E-state index in [1.54, 1.807) is 36.1 Å². The van der Waals surface area contributed by atoms with Crippen molar-refractivity contribution in [2.24, 2.45) is 0 Å². The van der Waals surface area contributed by atoms with Gasteiger partial charge in [0.05, 0.1) is 10.6 Å². The molecule has 1 aliphatic rings. The minimum absolute atomic E-state index is 0.120. The topological polar surface area (TPSA) is 69.7 Å². The van der Waals surface area contributed by atoms with Crippen LogP contribution < -0.4 is 9.62 Å². The summed E-state index contributed by atoms with van der Waals surface area (Å²) in [7, 11) is -3.83. The second-order valence-electron chi connectivity index (χ2n) is 8.02. The minimum atomic E-state index is -3.83. The number of carbonyl (C=O) groups is 1. The number of para-hydroxylation sites is 2. The van der Waals surface area contributed by atoms with Crippen molar-refractivity contribution in [3.63, 3.8) is 0 Å². The maximum Gasteiger partial charge on any atom is 0.262 e. The van der Waals surface area contributed by atoms with E-state index in [4.69, 9.17) is 0 Å². The standard InChI is InChI=1S/C25H27N3O3S/c1-19-8-6-7-11-23(19)26-32(30,31)24-18-21(13-12-20(24)2)25(29)28-16-14-27(15-17-28)22-9-4-3-5-10-22/h3-13,18,26H,14-17H2,1-2H3. The van der Waals surface area contributed by atoms with Gasteiger partial charge in [0, 0.05) is 37.4 Å². The number of nitrogens with zero attached hydrogens (tertiary/aromatic N) is 2. The van der Waals surface area contributed by atoms with Gasteiger partial charge in [-0.05, 0) is 55.3 Å². The van der Waals surface area contributed by atoms with Crippen LogP contribution in [0.4, 0.5) is 11.4 Å². The quantitative estimate of drug-likeness (QED) is 0.638. The molecule has 1 saturated heterocycles. The average molecular weight is 450 g/mol. The van der Waals surface area contributed by atoms with E-state index in [2.05, 4.69) is 21.8 Å². The summed E-state index contributed by atoms with van der Waals surface area (Å²) < 4.78 is 28.8. The zero-order valence-corrected chi connectivity index (χ0v) is 19.1. The van der Waals surface area contributed by atoms with Crippen LogP contribution in [0.1, 0.15) is 21.5 Å². The van der Waals surface area contributed by atoms with Crippen molar-refractivity contribution >= 4 is 27.3 Å². The molecule has 7 heteroatoms. The Hall–Kier alpha value is -3.32. The molecule has 0 spiro atoms. The third kappa shape index (κ3) is 4.62. The van der Waals surface area contributed by atoms with Gasteiger partial charge < -0.3 is 9.80 Å². The molecule has 6 nitrogen and oxygen atoms in total. The number of aryl methyl sites for hydroxylation is 2. The highest BCUT2D eigenvalue weighted by molar-refractivity contribution is 7.92. The average Bonchev–Trinajstić information content (AvgIpc) is 2.81. The van der Waals surface area contributed by atoms with Gasteiger partial charge in [0.1, 0.15) is 0 Å². The van der Waals surface area contributed by atoms with E-state index < -0.39 is 10.0 Å². The highest BCUT2D eigenvalue weighted by Gasteiger charge is 2.25. The number of rotatable bonds is 5. The molecule has 0 saturated carbocycles. The number of carbonyl (C=O) groups excluding carboxylic acids is 1. The predicted octanol–water partition coefficient (Wildman–Crippen LogP) is 4.07. The summed E-state index contributed by atoms with van der Waals surface area (Å²) in [5.41, 5.74) is 3.48. The number of hydrogen-bond donors (Lipinski definition) is 1. The number of hydrogen-bond acceptors (Lipinski definition) is 4. The van der Waals surface area contributed by atoms with Crippen LogP contribution in [0.15, 0.2) is 77.7 Å². The van der Waals surface area contributed by atoms with E-state index >= 15 is 0 Å². The highest BCUT2D eigenvalue weighted by Crippen LogP contribution is 2.24. The SMILES string of the molecule is Cc1ccccc1NS(=O)(=O)c1cc(C(=O)N2CCN(c3ccccc3)CC2)ccc1C. The van der Waals surface area contributed by atoms with Crippen LogP contribution in [-0.4, -0.2) is 45.4 Å². The third-order valence-electron chi connectivity index (χ3n) is 5.80. The van der Waals surface area contributed by atoms with Crippen molar-refractivity contribution < 1.29 is 13.2 Å². The zero-order chi connectivity index (χ0) is 22.7. The lowest BCUT2D eigenvalue weighted by Crippen LogP contribution is -2.48. The van der Waals surface area contributed by atoms with Crippen LogP contribution in [0.3, 0.4) is 0 Å². The summed E-state index contributed by atoms with van der Waals surface area (Å²) in [4.78, 5) is 17.3. The Balaban J connectivity index is 1.51. The van der Waals surface area contributed by atoms with Gasteiger partial charge in [0.25, 0.3) is 15.9 Å². The molecule has 0 radical (unpaired) electrons. The fourth-order valence-corrected chi connectivity index (χ4v) is 5.30. The molecule has 4 rings (SSSR count). The molecule has 1 amide bonds. The van der Waals surface area contributed by atoms with Crippen molar-refractivity contribution in [2.45, 2.75) is 18.7 Å². The number of sulfonamides is 1. The summed E-state index contributed by atoms with van der Waals surface area (Å²) in [6.45, 7) is 6.23. The second kappa shape index (κ2) is 9.04. The molecule has 0 aromatic heterocycles. The first-order valence-corrected chi connectivity index (χ1v) is 12.1. The molecule has 1 aliphatic heterocycles. The highest BCUT2D eigenvalue weighted by atomic mass is 32.2. The monoisotopic (exact) mass is 449 g/mol. The van der Waals surface area contributed by atoms with E-state index in [0.717, 1.165) is 24.3 Å². The molecule has 1 N–H and O–H groups in total. The van der Waals surface area contributed by atoms with Crippen molar-refractivity contribution in [2.75, 3.05) is 35.8 Å². The fraction of sp³-hybridized carbons (Fsp3) is 0.240. The molecule has 166 valence electrons. The first kappa shape index (κ1) is 21.9. The molecule has 1 fully saturated rings. The van der Waals surface area contributed by atoms with Crippen LogP contribution >= 0.6 is 0 Å². The Kier molecular flexibility index (Phi) is 6.19. The van der Waals surface area contributed by atoms with Crippen molar-refractivity contribution in [3.05, 3.63) is 89.5 Å². The lowest BCUT2D eigenvalue weighted by Gasteiger charge is -2.36. The van der Waals surface area contributed by atoms with Gasteiger partial charge in [-0.25, -0.2) is 8.42 Å². The number of benzene rings is 3. The van der Waals surface area contributed by atoms with Gasteiger partial charge >= 0.3 is 0 Å². The molecule has 32 heavy (non-hydrogen) atoms. The van der Waals surface area contributed by atoms with E-state index in [1.165, 1.54) is 6.07 Å². The predicted molar refractivity (Wildman–Crippen MR) is 128 cm³/mol. The Morgan fingerprint density at radius 3 is 2.16 bits per heavy atom. The van der Waals surface area contributed by atoms with Crippen molar-refractivity contribution in [1.29, 1.82) is 0 Å². The van der Waals surface area contributed by atoms with Gasteiger partial charge in [-0.2, -0.15) is 0 Å². The molecular formula is C25H27N3O3S. The Bertz CT molecular complexity index is 1220. The third-order valence-corrected chi connectivity index (χ3v) is 7.31. The van der Waals surface area contributed by atoms with Crippen LogP contribution in [0, 0.1) is 13.8 Å². The number of amides is 1. The fourth-order valence-electron chi connectivity index (χ4n) is 3.90. The normalized spacial score (nSPS) is 14.3. The van der Waals surface area contributed by atoms with Crippen LogP contribution in [0.2, 0.25) is 0 Å². The summed E-state index contributed by atoms with van der Waals surface area (Å²) in [6, 6.07) is 22.2. The molecule has 0 bridgehead atoms. The molecule has 1 heterocycles. The van der Waals surface area contributed by atoms with Gasteiger partial charge in [-0.15, -0.1) is 0 Å². The number of nitrogens with one attached hydrogen (secondary N) is 1. The Morgan fingerprint density at radius 1 is 0.812 bits per heavy atom. The minimum Gasteiger partial charge on any atom is -0.368 e. The summed E-state index contributed by atoms with van der Waals surface area (Å²) in [5.74, 6) is -0.148. The summed E-state index contributed by atoms with van der Waals surface area (Å²) >= 11 is 0. The van der Waals surface area contributed by atoms with Crippen LogP contribution in [-0.2, 0) is 10.0 Å². The zero-order valence-electron chi connectivity index (χ0n) is 18.3. The van der Waals surface area contributed by atoms with Crippen molar-refractivity contribution in [3.8, 4) is 0 Å². The number of anilines is 2. The van der Waals surface area contributed by atoms with Gasteiger partial charge in [0.2, 0.25) is 0 Å². The van der Waals surface area contributed by atoms with Crippen molar-refractivity contribution in [1.82, 2.24) is 4.90 Å².